The van der Waals surface area contributed by atoms with E-state index < -0.39 is 0 Å². The molecular formula is C25H29N5O3. The van der Waals surface area contributed by atoms with Crippen molar-refractivity contribution in [3.63, 3.8) is 0 Å². The second-order valence-electron chi connectivity index (χ2n) is 9.36. The summed E-state index contributed by atoms with van der Waals surface area (Å²) in [7, 11) is 0. The van der Waals surface area contributed by atoms with E-state index in [4.69, 9.17) is 14.6 Å². The summed E-state index contributed by atoms with van der Waals surface area (Å²) in [6.07, 6.45) is 4.96. The molecule has 1 aromatic carbocycles. The smallest absolute Gasteiger partial charge is 0.317 e. The molecule has 3 aliphatic rings. The summed E-state index contributed by atoms with van der Waals surface area (Å²) in [6, 6.07) is 10.4. The van der Waals surface area contributed by atoms with Gasteiger partial charge in [-0.2, -0.15) is 5.10 Å². The maximum Gasteiger partial charge on any atom is 0.317 e. The number of pyridine rings is 1. The molecule has 1 N–H and O–H groups in total. The van der Waals surface area contributed by atoms with E-state index in [1.807, 2.05) is 30.2 Å². The molecule has 2 aromatic heterocycles. The molecule has 0 radical (unpaired) electrons. The van der Waals surface area contributed by atoms with E-state index in [2.05, 4.69) is 33.2 Å². The summed E-state index contributed by atoms with van der Waals surface area (Å²) in [5.41, 5.74) is 4.11. The maximum absolute atomic E-state index is 12.4. The number of hydrogen-bond acceptors (Lipinski definition) is 5. The lowest BCUT2D eigenvalue weighted by Crippen LogP contribution is -2.40. The van der Waals surface area contributed by atoms with Gasteiger partial charge in [0.25, 0.3) is 0 Å². The standard InChI is InChI=1S/C25H29N5O3/c1-2-26-24(31)29-8-6-25(16-29)7-9-30-23(25)13-22(28-30)18-11-17-12-19(3-4-21(17)27-14-18)33-20-5-10-32-15-20/h3-4,11-14,20H,2,5-10,15-16H2,1H3,(H,26,31). The number of aryl methyl sites for hydroxylation is 1. The second kappa shape index (κ2) is 8.02. The van der Waals surface area contributed by atoms with Crippen molar-refractivity contribution in [2.45, 2.75) is 44.2 Å². The lowest BCUT2D eigenvalue weighted by atomic mass is 9.82. The Labute approximate surface area is 192 Å². The molecule has 1 spiro atoms. The highest BCUT2D eigenvalue weighted by atomic mass is 16.5. The third-order valence-electron chi connectivity index (χ3n) is 7.23. The van der Waals surface area contributed by atoms with Crippen LogP contribution in [-0.2, 0) is 16.7 Å². The average Bonchev–Trinajstić information content (AvgIpc) is 3.61. The summed E-state index contributed by atoms with van der Waals surface area (Å²) >= 11 is 0. The van der Waals surface area contributed by atoms with Crippen molar-refractivity contribution in [3.8, 4) is 17.0 Å². The minimum absolute atomic E-state index is 0.00493. The largest absolute Gasteiger partial charge is 0.488 e. The molecule has 5 heterocycles. The van der Waals surface area contributed by atoms with Crippen LogP contribution < -0.4 is 10.1 Å². The molecule has 0 bridgehead atoms. The van der Waals surface area contributed by atoms with E-state index in [1.54, 1.807) is 0 Å². The Morgan fingerprint density at radius 1 is 1.27 bits per heavy atom. The fourth-order valence-corrected chi connectivity index (χ4v) is 5.45. The molecule has 8 nitrogen and oxygen atoms in total. The van der Waals surface area contributed by atoms with Crippen molar-refractivity contribution < 1.29 is 14.3 Å². The van der Waals surface area contributed by atoms with E-state index in [-0.39, 0.29) is 17.6 Å². The second-order valence-corrected chi connectivity index (χ2v) is 9.36. The highest BCUT2D eigenvalue weighted by Gasteiger charge is 2.46. The Morgan fingerprint density at radius 3 is 3.03 bits per heavy atom. The number of hydrogen-bond donors (Lipinski definition) is 1. The van der Waals surface area contributed by atoms with Gasteiger partial charge in [-0.1, -0.05) is 0 Å². The number of carbonyl (C=O) groups excluding carboxylic acids is 1. The summed E-state index contributed by atoms with van der Waals surface area (Å²) in [6.45, 7) is 6.45. The number of likely N-dealkylation sites (tertiary alicyclic amines) is 1. The minimum Gasteiger partial charge on any atom is -0.488 e. The first-order valence-corrected chi connectivity index (χ1v) is 11.9. The molecule has 8 heteroatoms. The number of amides is 2. The molecule has 3 aliphatic heterocycles. The number of fused-ring (bicyclic) bond motifs is 3. The lowest BCUT2D eigenvalue weighted by Gasteiger charge is -2.23. The molecule has 2 fully saturated rings. The fraction of sp³-hybridized carbons (Fsp3) is 0.480. The number of urea groups is 1. The van der Waals surface area contributed by atoms with Gasteiger partial charge in [-0.15, -0.1) is 0 Å². The van der Waals surface area contributed by atoms with Gasteiger partial charge in [-0.05, 0) is 50.1 Å². The van der Waals surface area contributed by atoms with E-state index in [1.165, 1.54) is 5.69 Å². The molecule has 33 heavy (non-hydrogen) atoms. The van der Waals surface area contributed by atoms with Crippen LogP contribution in [0.15, 0.2) is 36.5 Å². The zero-order chi connectivity index (χ0) is 22.4. The quantitative estimate of drug-likeness (QED) is 0.663. The Morgan fingerprint density at radius 2 is 2.18 bits per heavy atom. The Kier molecular flexibility index (Phi) is 4.98. The van der Waals surface area contributed by atoms with Crippen molar-refractivity contribution in [2.75, 3.05) is 32.8 Å². The minimum atomic E-state index is 0.00493. The van der Waals surface area contributed by atoms with Gasteiger partial charge in [0.15, 0.2) is 0 Å². The average molecular weight is 448 g/mol. The Hall–Kier alpha value is -3.13. The third-order valence-corrected chi connectivity index (χ3v) is 7.23. The molecule has 2 atom stereocenters. The van der Waals surface area contributed by atoms with Gasteiger partial charge in [-0.3, -0.25) is 9.67 Å². The number of carbonyl (C=O) groups is 1. The normalized spacial score (nSPS) is 24.0. The molecule has 172 valence electrons. The number of benzene rings is 1. The highest BCUT2D eigenvalue weighted by molar-refractivity contribution is 5.84. The van der Waals surface area contributed by atoms with Gasteiger partial charge in [0.1, 0.15) is 11.9 Å². The van der Waals surface area contributed by atoms with Crippen molar-refractivity contribution in [3.05, 3.63) is 42.2 Å². The zero-order valence-electron chi connectivity index (χ0n) is 18.9. The van der Waals surface area contributed by atoms with E-state index in [9.17, 15) is 4.79 Å². The van der Waals surface area contributed by atoms with Crippen molar-refractivity contribution in [2.24, 2.45) is 0 Å². The molecule has 2 saturated heterocycles. The van der Waals surface area contributed by atoms with Crippen LogP contribution in [0.5, 0.6) is 5.75 Å². The first-order chi connectivity index (χ1) is 16.1. The zero-order valence-corrected chi connectivity index (χ0v) is 18.9. The van der Waals surface area contributed by atoms with Crippen LogP contribution in [0.25, 0.3) is 22.2 Å². The number of nitrogens with zero attached hydrogens (tertiary/aromatic N) is 4. The van der Waals surface area contributed by atoms with Gasteiger partial charge in [0.2, 0.25) is 0 Å². The van der Waals surface area contributed by atoms with Crippen LogP contribution in [0, 0.1) is 0 Å². The molecule has 0 aliphatic carbocycles. The van der Waals surface area contributed by atoms with Crippen LogP contribution in [0.4, 0.5) is 4.79 Å². The van der Waals surface area contributed by atoms with E-state index in [0.717, 1.165) is 73.4 Å². The van der Waals surface area contributed by atoms with Crippen LogP contribution >= 0.6 is 0 Å². The van der Waals surface area contributed by atoms with Crippen molar-refractivity contribution in [1.82, 2.24) is 25.0 Å². The maximum atomic E-state index is 12.4. The first kappa shape index (κ1) is 20.5. The number of rotatable bonds is 4. The summed E-state index contributed by atoms with van der Waals surface area (Å²) in [5.74, 6) is 0.847. The predicted octanol–water partition coefficient (Wildman–Crippen LogP) is 3.34. The molecule has 3 aromatic rings. The lowest BCUT2D eigenvalue weighted by molar-refractivity contribution is 0.141. The Bertz CT molecular complexity index is 1200. The van der Waals surface area contributed by atoms with Gasteiger partial charge in [0, 0.05) is 60.9 Å². The topological polar surface area (TPSA) is 81.5 Å². The number of nitrogens with one attached hydrogen (secondary N) is 1. The van der Waals surface area contributed by atoms with Crippen molar-refractivity contribution >= 4 is 16.9 Å². The van der Waals surface area contributed by atoms with Crippen LogP contribution in [0.3, 0.4) is 0 Å². The van der Waals surface area contributed by atoms with Crippen LogP contribution in [0.2, 0.25) is 0 Å². The predicted molar refractivity (Wildman–Crippen MR) is 124 cm³/mol. The SMILES string of the molecule is CCNC(=O)N1CCC2(CCn3nc(-c4cnc5ccc(OC6CCOC6)cc5c4)cc32)C1. The summed E-state index contributed by atoms with van der Waals surface area (Å²) in [4.78, 5) is 19.0. The van der Waals surface area contributed by atoms with Gasteiger partial charge in [-0.25, -0.2) is 4.79 Å². The molecule has 6 rings (SSSR count). The molecule has 0 saturated carbocycles. The number of ether oxygens (including phenoxy) is 2. The molecular weight excluding hydrogens is 418 g/mol. The van der Waals surface area contributed by atoms with Gasteiger partial charge in [0.05, 0.1) is 24.4 Å². The van der Waals surface area contributed by atoms with E-state index in [0.29, 0.717) is 13.2 Å². The van der Waals surface area contributed by atoms with Gasteiger partial charge >= 0.3 is 6.03 Å². The highest BCUT2D eigenvalue weighted by Crippen LogP contribution is 2.43. The monoisotopic (exact) mass is 447 g/mol. The van der Waals surface area contributed by atoms with E-state index >= 15 is 0 Å². The molecule has 2 unspecified atom stereocenters. The third kappa shape index (κ3) is 3.62. The first-order valence-electron chi connectivity index (χ1n) is 11.9. The fourth-order valence-electron chi connectivity index (χ4n) is 5.45. The Balaban J connectivity index is 1.27. The number of aromatic nitrogens is 3. The summed E-state index contributed by atoms with van der Waals surface area (Å²) < 4.78 is 13.6. The van der Waals surface area contributed by atoms with Gasteiger partial charge < -0.3 is 19.7 Å². The van der Waals surface area contributed by atoms with Crippen LogP contribution in [-0.4, -0.2) is 64.6 Å². The summed E-state index contributed by atoms with van der Waals surface area (Å²) in [5, 5.41) is 8.88. The van der Waals surface area contributed by atoms with Crippen molar-refractivity contribution in [1.29, 1.82) is 0 Å². The molecule has 2 amide bonds. The van der Waals surface area contributed by atoms with Crippen LogP contribution in [0.1, 0.15) is 31.9 Å².